The highest BCUT2D eigenvalue weighted by Gasteiger charge is 2.20. The standard InChI is InChI=1S/C13H16BrFN2O/c14-10-7-11(15)12(16)6-9(10)13(18)17-5-1-2-8-3-4-8/h6-8H,1-5,16H2,(H,17,18). The molecule has 2 rings (SSSR count). The van der Waals surface area contributed by atoms with Crippen LogP contribution in [0.5, 0.6) is 0 Å². The SMILES string of the molecule is Nc1cc(C(=O)NCCCC2CC2)c(Br)cc1F. The van der Waals surface area contributed by atoms with Crippen molar-refractivity contribution in [3.8, 4) is 0 Å². The monoisotopic (exact) mass is 314 g/mol. The number of carbonyl (C=O) groups is 1. The van der Waals surface area contributed by atoms with Gasteiger partial charge in [0.05, 0.1) is 11.3 Å². The number of hydrogen-bond acceptors (Lipinski definition) is 2. The summed E-state index contributed by atoms with van der Waals surface area (Å²) in [5.41, 5.74) is 5.82. The van der Waals surface area contributed by atoms with Crippen LogP contribution < -0.4 is 11.1 Å². The molecule has 3 N–H and O–H groups in total. The second-order valence-electron chi connectivity index (χ2n) is 4.70. The summed E-state index contributed by atoms with van der Waals surface area (Å²) in [5.74, 6) is 0.131. The van der Waals surface area contributed by atoms with Gasteiger partial charge in [-0.3, -0.25) is 4.79 Å². The Labute approximate surface area is 114 Å². The lowest BCUT2D eigenvalue weighted by molar-refractivity contribution is 0.0952. The normalized spacial score (nSPS) is 14.6. The van der Waals surface area contributed by atoms with E-state index in [-0.39, 0.29) is 11.6 Å². The molecule has 1 fully saturated rings. The quantitative estimate of drug-likeness (QED) is 0.648. The molecule has 1 saturated carbocycles. The fourth-order valence-corrected chi connectivity index (χ4v) is 2.33. The number of benzene rings is 1. The largest absolute Gasteiger partial charge is 0.396 e. The highest BCUT2D eigenvalue weighted by Crippen LogP contribution is 2.33. The van der Waals surface area contributed by atoms with E-state index in [4.69, 9.17) is 5.73 Å². The van der Waals surface area contributed by atoms with Gasteiger partial charge in [-0.05, 0) is 46.8 Å². The molecule has 0 aliphatic heterocycles. The molecule has 1 aromatic carbocycles. The maximum atomic E-state index is 13.1. The van der Waals surface area contributed by atoms with E-state index in [0.717, 1.165) is 12.3 Å². The number of halogens is 2. The Morgan fingerprint density at radius 1 is 1.50 bits per heavy atom. The van der Waals surface area contributed by atoms with Gasteiger partial charge in [-0.1, -0.05) is 12.8 Å². The second-order valence-corrected chi connectivity index (χ2v) is 5.55. The van der Waals surface area contributed by atoms with Crippen LogP contribution in [-0.4, -0.2) is 12.5 Å². The van der Waals surface area contributed by atoms with Crippen LogP contribution in [-0.2, 0) is 0 Å². The maximum Gasteiger partial charge on any atom is 0.252 e. The zero-order chi connectivity index (χ0) is 13.1. The Morgan fingerprint density at radius 3 is 2.89 bits per heavy atom. The van der Waals surface area contributed by atoms with Crippen molar-refractivity contribution >= 4 is 27.5 Å². The van der Waals surface area contributed by atoms with Gasteiger partial charge >= 0.3 is 0 Å². The van der Waals surface area contributed by atoms with E-state index in [9.17, 15) is 9.18 Å². The number of nitrogens with one attached hydrogen (secondary N) is 1. The summed E-state index contributed by atoms with van der Waals surface area (Å²) >= 11 is 3.17. The number of hydrogen-bond donors (Lipinski definition) is 2. The van der Waals surface area contributed by atoms with Crippen LogP contribution >= 0.6 is 15.9 Å². The molecule has 0 saturated heterocycles. The van der Waals surface area contributed by atoms with Crippen molar-refractivity contribution in [1.29, 1.82) is 0 Å². The van der Waals surface area contributed by atoms with Crippen LogP contribution in [0.15, 0.2) is 16.6 Å². The fraction of sp³-hybridized carbons (Fsp3) is 0.462. The van der Waals surface area contributed by atoms with Crippen molar-refractivity contribution in [2.75, 3.05) is 12.3 Å². The van der Waals surface area contributed by atoms with Crippen molar-refractivity contribution < 1.29 is 9.18 Å². The van der Waals surface area contributed by atoms with Gasteiger partial charge in [-0.2, -0.15) is 0 Å². The number of amides is 1. The summed E-state index contributed by atoms with van der Waals surface area (Å²) in [6.45, 7) is 0.652. The molecule has 1 amide bonds. The highest BCUT2D eigenvalue weighted by molar-refractivity contribution is 9.10. The van der Waals surface area contributed by atoms with Gasteiger partial charge in [0, 0.05) is 11.0 Å². The molecule has 0 heterocycles. The van der Waals surface area contributed by atoms with Gasteiger partial charge in [-0.15, -0.1) is 0 Å². The zero-order valence-electron chi connectivity index (χ0n) is 10.0. The summed E-state index contributed by atoms with van der Waals surface area (Å²) in [5, 5.41) is 2.82. The Morgan fingerprint density at radius 2 is 2.22 bits per heavy atom. The van der Waals surface area contributed by atoms with Gasteiger partial charge in [0.15, 0.2) is 0 Å². The molecule has 1 aromatic rings. The highest BCUT2D eigenvalue weighted by atomic mass is 79.9. The van der Waals surface area contributed by atoms with Crippen molar-refractivity contribution in [2.45, 2.75) is 25.7 Å². The first-order valence-electron chi connectivity index (χ1n) is 6.10. The topological polar surface area (TPSA) is 55.1 Å². The van der Waals surface area contributed by atoms with Gasteiger partial charge in [-0.25, -0.2) is 4.39 Å². The predicted octanol–water partition coefficient (Wildman–Crippen LogP) is 3.09. The Hall–Kier alpha value is -1.10. The summed E-state index contributed by atoms with van der Waals surface area (Å²) in [6, 6.07) is 2.57. The number of nitrogens with two attached hydrogens (primary N) is 1. The average molecular weight is 315 g/mol. The van der Waals surface area contributed by atoms with E-state index in [2.05, 4.69) is 21.2 Å². The van der Waals surface area contributed by atoms with E-state index >= 15 is 0 Å². The van der Waals surface area contributed by atoms with Crippen LogP contribution in [0, 0.1) is 11.7 Å². The number of carbonyl (C=O) groups excluding carboxylic acids is 1. The van der Waals surface area contributed by atoms with E-state index in [1.165, 1.54) is 31.4 Å². The third kappa shape index (κ3) is 3.45. The lowest BCUT2D eigenvalue weighted by Gasteiger charge is -2.08. The number of nitrogen functional groups attached to an aromatic ring is 1. The molecule has 1 aliphatic carbocycles. The first-order chi connectivity index (χ1) is 8.58. The first kappa shape index (κ1) is 13.3. The lowest BCUT2D eigenvalue weighted by atomic mass is 10.1. The van der Waals surface area contributed by atoms with Crippen LogP contribution in [0.4, 0.5) is 10.1 Å². The Balaban J connectivity index is 1.88. The fourth-order valence-electron chi connectivity index (χ4n) is 1.83. The van der Waals surface area contributed by atoms with Crippen molar-refractivity contribution in [2.24, 2.45) is 5.92 Å². The smallest absolute Gasteiger partial charge is 0.252 e. The van der Waals surface area contributed by atoms with Gasteiger partial charge in [0.2, 0.25) is 0 Å². The molecule has 3 nitrogen and oxygen atoms in total. The summed E-state index contributed by atoms with van der Waals surface area (Å²) in [7, 11) is 0. The van der Waals surface area contributed by atoms with Gasteiger partial charge in [0.1, 0.15) is 5.82 Å². The molecule has 0 radical (unpaired) electrons. The molecule has 1 aliphatic rings. The minimum atomic E-state index is -0.521. The van der Waals surface area contributed by atoms with E-state index in [0.29, 0.717) is 16.6 Å². The minimum absolute atomic E-state index is 0.0127. The van der Waals surface area contributed by atoms with Crippen LogP contribution in [0.3, 0.4) is 0 Å². The number of anilines is 1. The molecule has 5 heteroatoms. The molecule has 0 atom stereocenters. The van der Waals surface area contributed by atoms with Crippen LogP contribution in [0.1, 0.15) is 36.0 Å². The van der Waals surface area contributed by atoms with Crippen LogP contribution in [0.25, 0.3) is 0 Å². The second kappa shape index (κ2) is 5.69. The Bertz CT molecular complexity index is 461. The molecule has 0 aromatic heterocycles. The molecule has 0 spiro atoms. The maximum absolute atomic E-state index is 13.1. The van der Waals surface area contributed by atoms with E-state index < -0.39 is 5.82 Å². The van der Waals surface area contributed by atoms with Crippen molar-refractivity contribution in [1.82, 2.24) is 5.32 Å². The average Bonchev–Trinajstić information content (AvgIpc) is 3.13. The zero-order valence-corrected chi connectivity index (χ0v) is 11.6. The third-order valence-corrected chi connectivity index (χ3v) is 3.76. The van der Waals surface area contributed by atoms with Crippen molar-refractivity contribution in [3.05, 3.63) is 28.0 Å². The van der Waals surface area contributed by atoms with E-state index in [1.54, 1.807) is 0 Å². The molecule has 18 heavy (non-hydrogen) atoms. The van der Waals surface area contributed by atoms with E-state index in [1.807, 2.05) is 0 Å². The van der Waals surface area contributed by atoms with Crippen molar-refractivity contribution in [3.63, 3.8) is 0 Å². The predicted molar refractivity (Wildman–Crippen MR) is 72.8 cm³/mol. The summed E-state index contributed by atoms with van der Waals surface area (Å²) < 4.78 is 13.6. The number of rotatable bonds is 5. The lowest BCUT2D eigenvalue weighted by Crippen LogP contribution is -2.25. The molecule has 98 valence electrons. The minimum Gasteiger partial charge on any atom is -0.396 e. The summed E-state index contributed by atoms with van der Waals surface area (Å²) in [6.07, 6.45) is 4.82. The Kier molecular flexibility index (Phi) is 4.22. The van der Waals surface area contributed by atoms with Gasteiger partial charge in [0.25, 0.3) is 5.91 Å². The van der Waals surface area contributed by atoms with Gasteiger partial charge < -0.3 is 11.1 Å². The molecule has 0 bridgehead atoms. The molecular formula is C13H16BrFN2O. The third-order valence-electron chi connectivity index (χ3n) is 3.10. The summed E-state index contributed by atoms with van der Waals surface area (Å²) in [4.78, 5) is 11.9. The molecular weight excluding hydrogens is 299 g/mol. The molecule has 0 unspecified atom stereocenters. The van der Waals surface area contributed by atoms with Crippen LogP contribution in [0.2, 0.25) is 0 Å². The first-order valence-corrected chi connectivity index (χ1v) is 6.90.